The second-order valence-electron chi connectivity index (χ2n) is 16.4. The van der Waals surface area contributed by atoms with Gasteiger partial charge in [0, 0.05) is 63.0 Å². The van der Waals surface area contributed by atoms with E-state index in [0.29, 0.717) is 42.2 Å². The van der Waals surface area contributed by atoms with Gasteiger partial charge in [0.15, 0.2) is 0 Å². The average molecular weight is 751 g/mol. The van der Waals surface area contributed by atoms with Gasteiger partial charge in [-0.15, -0.1) is 0 Å². The summed E-state index contributed by atoms with van der Waals surface area (Å²) < 4.78 is 42.9. The molecule has 7 atom stereocenters. The zero-order valence-corrected chi connectivity index (χ0v) is 32.3. The van der Waals surface area contributed by atoms with Crippen molar-refractivity contribution in [1.82, 2.24) is 14.5 Å². The molecule has 1 N–H and O–H groups in total. The maximum absolute atomic E-state index is 13.6. The van der Waals surface area contributed by atoms with Crippen molar-refractivity contribution in [3.05, 3.63) is 70.3 Å². The van der Waals surface area contributed by atoms with Crippen molar-refractivity contribution in [2.24, 2.45) is 23.7 Å². The Morgan fingerprint density at radius 2 is 1.85 bits per heavy atom. The van der Waals surface area contributed by atoms with Crippen LogP contribution in [0.15, 0.2) is 48.6 Å². The van der Waals surface area contributed by atoms with E-state index in [1.165, 1.54) is 31.4 Å². The first-order valence-corrected chi connectivity index (χ1v) is 21.6. The van der Waals surface area contributed by atoms with Crippen molar-refractivity contribution in [3.8, 4) is 5.75 Å². The lowest BCUT2D eigenvalue weighted by atomic mass is 9.63. The molecule has 9 nitrogen and oxygen atoms in total. The molecule has 6 aliphatic rings. The monoisotopic (exact) mass is 750 g/mol. The van der Waals surface area contributed by atoms with Crippen molar-refractivity contribution in [3.63, 3.8) is 0 Å². The minimum atomic E-state index is -3.86. The van der Waals surface area contributed by atoms with Gasteiger partial charge < -0.3 is 14.4 Å². The summed E-state index contributed by atoms with van der Waals surface area (Å²) in [7, 11) is -1.97. The van der Waals surface area contributed by atoms with Crippen LogP contribution in [0.25, 0.3) is 0 Å². The van der Waals surface area contributed by atoms with Crippen LogP contribution >= 0.6 is 11.6 Å². The Bertz CT molecular complexity index is 1790. The number of carbonyl (C=O) groups excluding carboxylic acids is 1. The molecular weight excluding hydrogens is 696 g/mol. The third-order valence-corrected chi connectivity index (χ3v) is 15.3. The van der Waals surface area contributed by atoms with Gasteiger partial charge in [-0.1, -0.05) is 43.2 Å². The van der Waals surface area contributed by atoms with Crippen LogP contribution in [0.5, 0.6) is 5.75 Å². The van der Waals surface area contributed by atoms with Crippen molar-refractivity contribution in [1.29, 1.82) is 0 Å². The summed E-state index contributed by atoms with van der Waals surface area (Å²) >= 11 is 6.41. The molecule has 4 aliphatic heterocycles. The first-order valence-electron chi connectivity index (χ1n) is 19.7. The predicted octanol–water partition coefficient (Wildman–Crippen LogP) is 6.30. The number of carbonyl (C=O) groups is 1. The van der Waals surface area contributed by atoms with E-state index < -0.39 is 26.8 Å². The quantitative estimate of drug-likeness (QED) is 0.366. The van der Waals surface area contributed by atoms with Crippen LogP contribution in [0.4, 0.5) is 5.69 Å². The van der Waals surface area contributed by atoms with Gasteiger partial charge in [0.05, 0.1) is 10.9 Å². The lowest BCUT2D eigenvalue weighted by Gasteiger charge is -2.53. The van der Waals surface area contributed by atoms with E-state index in [1.54, 1.807) is 6.07 Å². The number of hydrogen-bond acceptors (Lipinski definition) is 8. The predicted molar refractivity (Wildman–Crippen MR) is 206 cm³/mol. The summed E-state index contributed by atoms with van der Waals surface area (Å²) in [5.74, 6) is 0.790. The SMILES string of the molecule is CO[C@@]1(CN2CCN3CCCC[C@@H]3C2)/C=C/[C@H](C)[C@@H]2CC2S(=O)(=O)NC(=O)c2ccc3c(c2)N(CCCCc2cc(Cl)ccc2CO3)C[C@@H]2CC[C@H]21. The second kappa shape index (κ2) is 14.9. The maximum Gasteiger partial charge on any atom is 0.264 e. The molecule has 0 radical (unpaired) electrons. The fraction of sp³-hybridized carbons (Fsp3) is 0.634. The summed E-state index contributed by atoms with van der Waals surface area (Å²) in [4.78, 5) is 21.3. The number of nitrogens with one attached hydrogen (secondary N) is 1. The van der Waals surface area contributed by atoms with Crippen LogP contribution < -0.4 is 14.4 Å². The van der Waals surface area contributed by atoms with Crippen molar-refractivity contribution < 1.29 is 22.7 Å². The van der Waals surface area contributed by atoms with Gasteiger partial charge in [0.1, 0.15) is 18.0 Å². The Balaban J connectivity index is 1.15. The molecule has 4 fully saturated rings. The van der Waals surface area contributed by atoms with Crippen molar-refractivity contribution in [2.75, 3.05) is 57.8 Å². The van der Waals surface area contributed by atoms with Crippen LogP contribution in [0.2, 0.25) is 5.02 Å². The number of amides is 1. The number of benzene rings is 2. The van der Waals surface area contributed by atoms with Gasteiger partial charge in [0.2, 0.25) is 10.0 Å². The number of anilines is 1. The van der Waals surface area contributed by atoms with Crippen LogP contribution in [-0.2, 0) is 27.8 Å². The minimum Gasteiger partial charge on any atom is -0.487 e. The number of ether oxygens (including phenoxy) is 2. The third-order valence-electron chi connectivity index (χ3n) is 13.3. The third kappa shape index (κ3) is 7.39. The van der Waals surface area contributed by atoms with Crippen LogP contribution in [0, 0.1) is 23.7 Å². The highest BCUT2D eigenvalue weighted by Gasteiger charge is 2.52. The van der Waals surface area contributed by atoms with Gasteiger partial charge in [-0.05, 0) is 123 Å². The molecule has 2 saturated heterocycles. The fourth-order valence-corrected chi connectivity index (χ4v) is 11.8. The number of sulfonamides is 1. The molecule has 2 bridgehead atoms. The van der Waals surface area contributed by atoms with E-state index in [9.17, 15) is 13.2 Å². The fourth-order valence-electron chi connectivity index (χ4n) is 9.91. The molecule has 4 heterocycles. The lowest BCUT2D eigenvalue weighted by molar-refractivity contribution is -0.100. The Morgan fingerprint density at radius 3 is 2.67 bits per heavy atom. The molecule has 52 heavy (non-hydrogen) atoms. The average Bonchev–Trinajstić information content (AvgIpc) is 3.95. The molecule has 0 aromatic heterocycles. The first kappa shape index (κ1) is 36.4. The van der Waals surface area contributed by atoms with Crippen LogP contribution in [0.1, 0.15) is 79.8 Å². The number of nitrogens with zero attached hydrogens (tertiary/aromatic N) is 3. The first-order chi connectivity index (χ1) is 25.1. The number of rotatable bonds is 3. The maximum atomic E-state index is 13.6. The molecule has 1 unspecified atom stereocenters. The Hall–Kier alpha value is -2.63. The standard InChI is InChI=1S/C41H55ClN4O5S/c1-28-15-16-41(50-2,27-44-19-20-45-17-6-4-8-34(45)25-44)36-13-10-31(36)24-46-18-5-3-7-29-21-33(42)12-9-32(29)26-51-38-14-11-30(22-37(38)46)40(47)43-52(48,49)39-23-35(28)39/h9,11-12,14-16,21-22,28,31,34-36,39H,3-8,10,13,17-20,23-27H2,1-2H3,(H,43,47)/b16-15+/t28-,31-,34+,35-,36+,39?,41+/m0/s1. The largest absolute Gasteiger partial charge is 0.487 e. The summed E-state index contributed by atoms with van der Waals surface area (Å²) in [6.45, 7) is 9.36. The topological polar surface area (TPSA) is 91.4 Å². The van der Waals surface area contributed by atoms with E-state index in [0.717, 1.165) is 87.6 Å². The number of allylic oxidation sites excluding steroid dienone is 1. The molecule has 2 aliphatic carbocycles. The summed E-state index contributed by atoms with van der Waals surface area (Å²) in [5, 5.41) is 0.134. The van der Waals surface area contributed by atoms with Gasteiger partial charge in [-0.3, -0.25) is 14.6 Å². The van der Waals surface area contributed by atoms with Gasteiger partial charge in [-0.2, -0.15) is 0 Å². The number of hydrogen-bond donors (Lipinski definition) is 1. The number of fused-ring (bicyclic) bond motifs is 5. The Morgan fingerprint density at radius 1 is 0.981 bits per heavy atom. The molecule has 2 aromatic rings. The number of methoxy groups -OCH3 is 1. The number of halogens is 1. The normalized spacial score (nSPS) is 34.4. The van der Waals surface area contributed by atoms with E-state index in [-0.39, 0.29) is 11.8 Å². The molecule has 8 rings (SSSR count). The number of piperidine rings is 1. The Kier molecular flexibility index (Phi) is 10.4. The highest BCUT2D eigenvalue weighted by atomic mass is 35.5. The number of aryl methyl sites for hydroxylation is 1. The molecule has 1 amide bonds. The second-order valence-corrected chi connectivity index (χ2v) is 18.8. The smallest absolute Gasteiger partial charge is 0.264 e. The molecule has 282 valence electrons. The summed E-state index contributed by atoms with van der Waals surface area (Å²) in [6, 6.07) is 12.0. The Labute approximate surface area is 315 Å². The van der Waals surface area contributed by atoms with Crippen molar-refractivity contribution >= 4 is 33.2 Å². The zero-order chi connectivity index (χ0) is 36.0. The zero-order valence-electron chi connectivity index (χ0n) is 30.8. The van der Waals surface area contributed by atoms with Crippen LogP contribution in [0.3, 0.4) is 0 Å². The minimum absolute atomic E-state index is 0.0407. The highest BCUT2D eigenvalue weighted by molar-refractivity contribution is 7.91. The molecule has 0 spiro atoms. The van der Waals surface area contributed by atoms with E-state index in [1.807, 2.05) is 37.4 Å². The van der Waals surface area contributed by atoms with Gasteiger partial charge in [0.25, 0.3) is 5.91 Å². The van der Waals surface area contributed by atoms with E-state index in [4.69, 9.17) is 21.1 Å². The van der Waals surface area contributed by atoms with Crippen LogP contribution in [-0.4, -0.2) is 93.9 Å². The molecule has 2 aromatic carbocycles. The summed E-state index contributed by atoms with van der Waals surface area (Å²) in [6.07, 6.45) is 14.0. The van der Waals surface area contributed by atoms with Gasteiger partial charge in [-0.25, -0.2) is 13.1 Å². The summed E-state index contributed by atoms with van der Waals surface area (Å²) in [5.41, 5.74) is 2.98. The van der Waals surface area contributed by atoms with E-state index >= 15 is 0 Å². The van der Waals surface area contributed by atoms with Gasteiger partial charge >= 0.3 is 0 Å². The van der Waals surface area contributed by atoms with E-state index in [2.05, 4.69) is 38.5 Å². The number of piperazine rings is 1. The molecule has 2 saturated carbocycles. The molecule has 11 heteroatoms. The van der Waals surface area contributed by atoms with Crippen molar-refractivity contribution in [2.45, 2.75) is 88.2 Å². The molecular formula is C41H55ClN4O5S. The highest BCUT2D eigenvalue weighted by Crippen LogP contribution is 2.48. The lowest BCUT2D eigenvalue weighted by Crippen LogP contribution is -2.61.